The van der Waals surface area contributed by atoms with Gasteiger partial charge in [0.1, 0.15) is 5.75 Å². The molecule has 0 spiro atoms. The second-order valence-electron chi connectivity index (χ2n) is 10.1. The highest BCUT2D eigenvalue weighted by atomic mass is 32.2. The molecule has 5 rings (SSSR count). The number of carbonyl (C=O) groups excluding carboxylic acids is 2. The molecule has 0 aliphatic heterocycles. The minimum atomic E-state index is -4.05. The Balaban J connectivity index is 1.11. The molecule has 10 heteroatoms. The van der Waals surface area contributed by atoms with Crippen LogP contribution in [-0.4, -0.2) is 40.6 Å². The molecule has 3 aromatic rings. The van der Waals surface area contributed by atoms with Crippen molar-refractivity contribution in [3.05, 3.63) is 82.4 Å². The highest BCUT2D eigenvalue weighted by molar-refractivity contribution is 7.90. The lowest BCUT2D eigenvalue weighted by Crippen LogP contribution is -2.35. The van der Waals surface area contributed by atoms with Gasteiger partial charge in [0.05, 0.1) is 18.6 Å². The Bertz CT molecular complexity index is 1490. The van der Waals surface area contributed by atoms with Crippen molar-refractivity contribution in [3.63, 3.8) is 0 Å². The molecule has 4 N–H and O–H groups in total. The summed E-state index contributed by atoms with van der Waals surface area (Å²) in [4.78, 5) is 25.0. The van der Waals surface area contributed by atoms with Crippen molar-refractivity contribution in [2.45, 2.75) is 49.8 Å². The number of aryl methyl sites for hydroxylation is 2. The van der Waals surface area contributed by atoms with Crippen molar-refractivity contribution in [2.24, 2.45) is 0 Å². The van der Waals surface area contributed by atoms with Gasteiger partial charge in [-0.15, -0.1) is 0 Å². The minimum absolute atomic E-state index is 0.00134. The molecule has 0 fully saturated rings. The van der Waals surface area contributed by atoms with Gasteiger partial charge in [0.25, 0.3) is 10.0 Å². The quantitative estimate of drug-likeness (QED) is 0.297. The predicted molar refractivity (Wildman–Crippen MR) is 154 cm³/mol. The van der Waals surface area contributed by atoms with Gasteiger partial charge in [0.2, 0.25) is 5.91 Å². The lowest BCUT2D eigenvalue weighted by atomic mass is 9.99. The van der Waals surface area contributed by atoms with Crippen LogP contribution in [0.2, 0.25) is 0 Å². The number of methoxy groups -OCH3 is 1. The summed E-state index contributed by atoms with van der Waals surface area (Å²) in [5, 5.41) is 8.76. The van der Waals surface area contributed by atoms with Crippen LogP contribution in [0.15, 0.2) is 59.5 Å². The number of ether oxygens (including phenoxy) is 1. The largest absolute Gasteiger partial charge is 0.497 e. The molecule has 0 atom stereocenters. The number of carbonyl (C=O) groups is 2. The monoisotopic (exact) mass is 562 g/mol. The maximum atomic E-state index is 12.9. The summed E-state index contributed by atoms with van der Waals surface area (Å²) in [6.45, 7) is 0.518. The minimum Gasteiger partial charge on any atom is -0.497 e. The molecule has 0 heterocycles. The molecule has 2 aliphatic carbocycles. The van der Waals surface area contributed by atoms with Crippen molar-refractivity contribution in [1.82, 2.24) is 10.0 Å². The molecule has 0 saturated heterocycles. The van der Waals surface area contributed by atoms with E-state index in [2.05, 4.69) is 26.7 Å². The van der Waals surface area contributed by atoms with E-state index < -0.39 is 16.1 Å². The van der Waals surface area contributed by atoms with Gasteiger partial charge in [-0.2, -0.15) is 0 Å². The molecule has 40 heavy (non-hydrogen) atoms. The summed E-state index contributed by atoms with van der Waals surface area (Å²) < 4.78 is 33.1. The summed E-state index contributed by atoms with van der Waals surface area (Å²) >= 11 is 0. The van der Waals surface area contributed by atoms with Crippen LogP contribution < -0.4 is 25.4 Å². The summed E-state index contributed by atoms with van der Waals surface area (Å²) in [7, 11) is -2.46. The van der Waals surface area contributed by atoms with E-state index >= 15 is 0 Å². The van der Waals surface area contributed by atoms with Crippen molar-refractivity contribution < 1.29 is 22.7 Å². The van der Waals surface area contributed by atoms with E-state index in [0.717, 1.165) is 66.6 Å². The second kappa shape index (κ2) is 12.0. The molecule has 2 aliphatic rings. The number of fused-ring (bicyclic) bond motifs is 2. The molecule has 0 radical (unpaired) electrons. The number of amides is 3. The van der Waals surface area contributed by atoms with Gasteiger partial charge in [-0.3, -0.25) is 4.79 Å². The van der Waals surface area contributed by atoms with E-state index in [4.69, 9.17) is 4.74 Å². The third-order valence-electron chi connectivity index (χ3n) is 7.43. The first-order valence-electron chi connectivity index (χ1n) is 13.6. The maximum Gasteiger partial charge on any atom is 0.333 e. The Labute approximate surface area is 234 Å². The average Bonchev–Trinajstić information content (AvgIpc) is 3.62. The van der Waals surface area contributed by atoms with E-state index in [9.17, 15) is 18.0 Å². The van der Waals surface area contributed by atoms with Crippen LogP contribution in [0.5, 0.6) is 5.75 Å². The summed E-state index contributed by atoms with van der Waals surface area (Å²) in [6, 6.07) is 15.1. The van der Waals surface area contributed by atoms with E-state index in [1.807, 2.05) is 18.2 Å². The fourth-order valence-corrected chi connectivity index (χ4v) is 6.35. The van der Waals surface area contributed by atoms with Gasteiger partial charge in [0, 0.05) is 24.0 Å². The zero-order valence-electron chi connectivity index (χ0n) is 22.5. The SMILES string of the molecule is COc1cccc(NCC(=O)NCCc2ccc(S(=O)(=O)NC(=O)Nc3c4c(cc5c3CCC5)CCC4)cc2)c1. The zero-order valence-corrected chi connectivity index (χ0v) is 23.3. The lowest BCUT2D eigenvalue weighted by Gasteiger charge is -2.16. The number of benzene rings is 3. The molecule has 3 amide bonds. The van der Waals surface area contributed by atoms with Gasteiger partial charge < -0.3 is 20.7 Å². The fourth-order valence-electron chi connectivity index (χ4n) is 5.45. The van der Waals surface area contributed by atoms with Gasteiger partial charge in [0.15, 0.2) is 0 Å². The first-order valence-corrected chi connectivity index (χ1v) is 15.0. The summed E-state index contributed by atoms with van der Waals surface area (Å²) in [5.41, 5.74) is 7.25. The molecule has 0 saturated carbocycles. The summed E-state index contributed by atoms with van der Waals surface area (Å²) in [5.74, 6) is 0.543. The smallest absolute Gasteiger partial charge is 0.333 e. The average molecular weight is 563 g/mol. The molecule has 0 aromatic heterocycles. The first kappa shape index (κ1) is 27.5. The van der Waals surface area contributed by atoms with Crippen LogP contribution in [0.4, 0.5) is 16.2 Å². The number of hydrogen-bond acceptors (Lipinski definition) is 6. The molecule has 3 aromatic carbocycles. The number of rotatable bonds is 10. The topological polar surface area (TPSA) is 126 Å². The van der Waals surface area contributed by atoms with Crippen LogP contribution in [0, 0.1) is 0 Å². The molecule has 9 nitrogen and oxygen atoms in total. The Morgan fingerprint density at radius 3 is 2.27 bits per heavy atom. The Kier molecular flexibility index (Phi) is 8.25. The number of nitrogens with one attached hydrogen (secondary N) is 4. The van der Waals surface area contributed by atoms with E-state index in [0.29, 0.717) is 18.7 Å². The van der Waals surface area contributed by atoms with E-state index in [1.54, 1.807) is 25.3 Å². The maximum absolute atomic E-state index is 12.9. The van der Waals surface area contributed by atoms with Crippen LogP contribution in [-0.2, 0) is 46.9 Å². The molecule has 0 unspecified atom stereocenters. The van der Waals surface area contributed by atoms with E-state index in [-0.39, 0.29) is 17.3 Å². The summed E-state index contributed by atoms with van der Waals surface area (Å²) in [6.07, 6.45) is 6.40. The third-order valence-corrected chi connectivity index (χ3v) is 8.78. The van der Waals surface area contributed by atoms with Crippen molar-refractivity contribution in [1.29, 1.82) is 0 Å². The molecular weight excluding hydrogens is 528 g/mol. The van der Waals surface area contributed by atoms with Gasteiger partial charge in [-0.05, 0) is 97.0 Å². The second-order valence-corrected chi connectivity index (χ2v) is 11.8. The predicted octanol–water partition coefficient (Wildman–Crippen LogP) is 3.95. The number of hydrogen-bond donors (Lipinski definition) is 4. The third kappa shape index (κ3) is 6.39. The van der Waals surface area contributed by atoms with Crippen molar-refractivity contribution in [3.8, 4) is 5.75 Å². The fraction of sp³-hybridized carbons (Fsp3) is 0.333. The first-order chi connectivity index (χ1) is 19.3. The Morgan fingerprint density at radius 2 is 1.60 bits per heavy atom. The zero-order chi connectivity index (χ0) is 28.1. The Morgan fingerprint density at radius 1 is 0.900 bits per heavy atom. The normalized spacial score (nSPS) is 13.7. The van der Waals surface area contributed by atoms with Crippen LogP contribution in [0.1, 0.15) is 40.7 Å². The lowest BCUT2D eigenvalue weighted by molar-refractivity contribution is -0.119. The highest BCUT2D eigenvalue weighted by Crippen LogP contribution is 2.38. The van der Waals surface area contributed by atoms with E-state index in [1.165, 1.54) is 23.3 Å². The van der Waals surface area contributed by atoms with Crippen LogP contribution in [0.25, 0.3) is 0 Å². The highest BCUT2D eigenvalue weighted by Gasteiger charge is 2.26. The number of anilines is 2. The van der Waals surface area contributed by atoms with Gasteiger partial charge in [-0.1, -0.05) is 24.3 Å². The molecule has 0 bridgehead atoms. The molecular formula is C30H34N4O5S. The van der Waals surface area contributed by atoms with Crippen molar-refractivity contribution >= 4 is 33.3 Å². The van der Waals surface area contributed by atoms with Gasteiger partial charge in [-0.25, -0.2) is 17.9 Å². The van der Waals surface area contributed by atoms with Crippen LogP contribution >= 0.6 is 0 Å². The van der Waals surface area contributed by atoms with Crippen molar-refractivity contribution in [2.75, 3.05) is 30.8 Å². The number of urea groups is 1. The molecule has 210 valence electrons. The Hall–Kier alpha value is -4.05. The number of sulfonamides is 1. The standard InChI is InChI=1S/C30H34N4O5S/c1-39-24-8-4-7-23(18-24)32-19-28(35)31-16-15-20-11-13-25(14-12-20)40(37,38)34-30(36)33-29-26-9-2-5-21(26)17-22-6-3-10-27(22)29/h4,7-8,11-14,17-18,32H,2-3,5-6,9-10,15-16,19H2,1H3,(H,31,35)(H2,33,34,36). The van der Waals surface area contributed by atoms with Gasteiger partial charge >= 0.3 is 6.03 Å². The van der Waals surface area contributed by atoms with Crippen LogP contribution in [0.3, 0.4) is 0 Å².